The maximum Gasteiger partial charge on any atom is 0.0507 e. The third kappa shape index (κ3) is 2.94. The molecule has 2 rings (SSSR count). The molecule has 0 radical (unpaired) electrons. The highest BCUT2D eigenvalue weighted by molar-refractivity contribution is 4.79. The minimum Gasteiger partial charge on any atom is -0.381 e. The van der Waals surface area contributed by atoms with Gasteiger partial charge in [-0.1, -0.05) is 0 Å². The molecule has 2 fully saturated rings. The van der Waals surface area contributed by atoms with E-state index in [1.165, 1.54) is 25.7 Å². The summed E-state index contributed by atoms with van der Waals surface area (Å²) >= 11 is 0. The SMILES string of the molecule is NC1CCC(CNCC2CCOC2)C1. The van der Waals surface area contributed by atoms with Gasteiger partial charge in [-0.05, 0) is 44.1 Å². The summed E-state index contributed by atoms with van der Waals surface area (Å²) in [5.74, 6) is 1.58. The van der Waals surface area contributed by atoms with Gasteiger partial charge in [0.1, 0.15) is 0 Å². The minimum absolute atomic E-state index is 0.469. The predicted molar refractivity (Wildman–Crippen MR) is 57.1 cm³/mol. The van der Waals surface area contributed by atoms with Crippen LogP contribution in [0.25, 0.3) is 0 Å². The summed E-state index contributed by atoms with van der Waals surface area (Å²) in [5, 5.41) is 3.55. The molecule has 0 amide bonds. The maximum atomic E-state index is 5.87. The maximum absolute atomic E-state index is 5.87. The van der Waals surface area contributed by atoms with Crippen molar-refractivity contribution in [1.29, 1.82) is 0 Å². The largest absolute Gasteiger partial charge is 0.381 e. The second-order valence-electron chi connectivity index (χ2n) is 4.83. The van der Waals surface area contributed by atoms with Gasteiger partial charge in [0.2, 0.25) is 0 Å². The summed E-state index contributed by atoms with van der Waals surface area (Å²) in [5.41, 5.74) is 5.87. The first kappa shape index (κ1) is 10.4. The second kappa shape index (κ2) is 5.10. The zero-order valence-electron chi connectivity index (χ0n) is 8.87. The van der Waals surface area contributed by atoms with Crippen molar-refractivity contribution in [2.24, 2.45) is 17.6 Å². The van der Waals surface area contributed by atoms with Crippen LogP contribution in [0.1, 0.15) is 25.7 Å². The summed E-state index contributed by atoms with van der Waals surface area (Å²) in [6.45, 7) is 4.20. The van der Waals surface area contributed by atoms with Crippen LogP contribution >= 0.6 is 0 Å². The number of hydrogen-bond donors (Lipinski definition) is 2. The molecule has 3 atom stereocenters. The summed E-state index contributed by atoms with van der Waals surface area (Å²) in [7, 11) is 0. The van der Waals surface area contributed by atoms with Gasteiger partial charge in [0, 0.05) is 19.2 Å². The van der Waals surface area contributed by atoms with Gasteiger partial charge in [-0.2, -0.15) is 0 Å². The molecule has 1 heterocycles. The van der Waals surface area contributed by atoms with Gasteiger partial charge in [0.25, 0.3) is 0 Å². The van der Waals surface area contributed by atoms with Crippen molar-refractivity contribution < 1.29 is 4.74 Å². The molecule has 1 saturated carbocycles. The van der Waals surface area contributed by atoms with Gasteiger partial charge in [0.15, 0.2) is 0 Å². The summed E-state index contributed by atoms with van der Waals surface area (Å²) < 4.78 is 5.34. The zero-order chi connectivity index (χ0) is 9.80. The molecule has 1 saturated heterocycles. The average Bonchev–Trinajstić information content (AvgIpc) is 2.77. The van der Waals surface area contributed by atoms with E-state index in [-0.39, 0.29) is 0 Å². The Balaban J connectivity index is 1.54. The smallest absolute Gasteiger partial charge is 0.0507 e. The van der Waals surface area contributed by atoms with Gasteiger partial charge < -0.3 is 15.8 Å². The van der Waals surface area contributed by atoms with E-state index >= 15 is 0 Å². The number of ether oxygens (including phenoxy) is 1. The normalized spacial score (nSPS) is 37.9. The molecule has 3 nitrogen and oxygen atoms in total. The Morgan fingerprint density at radius 2 is 2.00 bits per heavy atom. The van der Waals surface area contributed by atoms with Crippen molar-refractivity contribution in [3.8, 4) is 0 Å². The first-order valence-corrected chi connectivity index (χ1v) is 5.88. The Morgan fingerprint density at radius 1 is 1.14 bits per heavy atom. The first-order valence-electron chi connectivity index (χ1n) is 5.88. The fourth-order valence-corrected chi connectivity index (χ4v) is 2.53. The van der Waals surface area contributed by atoms with Crippen LogP contribution in [0.3, 0.4) is 0 Å². The molecular formula is C11H22N2O. The molecule has 0 aromatic rings. The lowest BCUT2D eigenvalue weighted by molar-refractivity contribution is 0.185. The zero-order valence-corrected chi connectivity index (χ0v) is 8.87. The fraction of sp³-hybridized carbons (Fsp3) is 1.00. The number of nitrogens with two attached hydrogens (primary N) is 1. The molecule has 14 heavy (non-hydrogen) atoms. The van der Waals surface area contributed by atoms with E-state index < -0.39 is 0 Å². The van der Waals surface area contributed by atoms with E-state index in [1.54, 1.807) is 0 Å². The van der Waals surface area contributed by atoms with Crippen LogP contribution in [-0.2, 0) is 4.74 Å². The monoisotopic (exact) mass is 198 g/mol. The molecular weight excluding hydrogens is 176 g/mol. The molecule has 0 spiro atoms. The molecule has 2 aliphatic rings. The summed E-state index contributed by atoms with van der Waals surface area (Å²) in [6.07, 6.45) is 4.99. The quantitative estimate of drug-likeness (QED) is 0.700. The Kier molecular flexibility index (Phi) is 3.79. The van der Waals surface area contributed by atoms with Crippen LogP contribution in [0.5, 0.6) is 0 Å². The lowest BCUT2D eigenvalue weighted by Crippen LogP contribution is -2.28. The first-order chi connectivity index (χ1) is 6.84. The van der Waals surface area contributed by atoms with E-state index in [2.05, 4.69) is 5.32 Å². The van der Waals surface area contributed by atoms with Crippen molar-refractivity contribution >= 4 is 0 Å². The Morgan fingerprint density at radius 3 is 2.64 bits per heavy atom. The number of rotatable bonds is 4. The van der Waals surface area contributed by atoms with Crippen molar-refractivity contribution in [3.63, 3.8) is 0 Å². The lowest BCUT2D eigenvalue weighted by Gasteiger charge is -2.13. The Labute approximate surface area is 86.4 Å². The van der Waals surface area contributed by atoms with Crippen molar-refractivity contribution in [2.75, 3.05) is 26.3 Å². The van der Waals surface area contributed by atoms with Gasteiger partial charge in [0.05, 0.1) is 6.61 Å². The average molecular weight is 198 g/mol. The van der Waals surface area contributed by atoms with Crippen LogP contribution in [0, 0.1) is 11.8 Å². The molecule has 0 aromatic carbocycles. The van der Waals surface area contributed by atoms with Gasteiger partial charge in [-0.3, -0.25) is 0 Å². The van der Waals surface area contributed by atoms with Crippen molar-refractivity contribution in [2.45, 2.75) is 31.7 Å². The highest BCUT2D eigenvalue weighted by atomic mass is 16.5. The van der Waals surface area contributed by atoms with Crippen LogP contribution in [0.2, 0.25) is 0 Å². The van der Waals surface area contributed by atoms with Crippen LogP contribution in [-0.4, -0.2) is 32.3 Å². The molecule has 1 aliphatic carbocycles. The van der Waals surface area contributed by atoms with Crippen LogP contribution in [0.4, 0.5) is 0 Å². The highest BCUT2D eigenvalue weighted by Gasteiger charge is 2.22. The van der Waals surface area contributed by atoms with Crippen LogP contribution < -0.4 is 11.1 Å². The van der Waals surface area contributed by atoms with E-state index in [9.17, 15) is 0 Å². The Bertz CT molecular complexity index is 169. The summed E-state index contributed by atoms with van der Waals surface area (Å²) in [4.78, 5) is 0. The number of hydrogen-bond acceptors (Lipinski definition) is 3. The standard InChI is InChI=1S/C11H22N2O/c12-11-2-1-9(5-11)6-13-7-10-3-4-14-8-10/h9-11,13H,1-8,12H2. The molecule has 3 N–H and O–H groups in total. The third-order valence-corrected chi connectivity index (χ3v) is 3.47. The molecule has 0 bridgehead atoms. The molecule has 3 unspecified atom stereocenters. The summed E-state index contributed by atoms with van der Waals surface area (Å²) in [6, 6.07) is 0.469. The van der Waals surface area contributed by atoms with Crippen LogP contribution in [0.15, 0.2) is 0 Å². The molecule has 1 aliphatic heterocycles. The van der Waals surface area contributed by atoms with Gasteiger partial charge in [-0.15, -0.1) is 0 Å². The van der Waals surface area contributed by atoms with Gasteiger partial charge in [-0.25, -0.2) is 0 Å². The van der Waals surface area contributed by atoms with E-state index in [1.807, 2.05) is 0 Å². The highest BCUT2D eigenvalue weighted by Crippen LogP contribution is 2.23. The van der Waals surface area contributed by atoms with E-state index in [0.29, 0.717) is 6.04 Å². The number of nitrogens with one attached hydrogen (secondary N) is 1. The van der Waals surface area contributed by atoms with E-state index in [4.69, 9.17) is 10.5 Å². The molecule has 82 valence electrons. The van der Waals surface area contributed by atoms with Gasteiger partial charge >= 0.3 is 0 Å². The van der Waals surface area contributed by atoms with Crippen molar-refractivity contribution in [1.82, 2.24) is 5.32 Å². The molecule has 0 aromatic heterocycles. The fourth-order valence-electron chi connectivity index (χ4n) is 2.53. The second-order valence-corrected chi connectivity index (χ2v) is 4.83. The lowest BCUT2D eigenvalue weighted by atomic mass is 10.1. The predicted octanol–water partition coefficient (Wildman–Crippen LogP) is 0.740. The minimum atomic E-state index is 0.469. The topological polar surface area (TPSA) is 47.3 Å². The molecule has 3 heteroatoms. The van der Waals surface area contributed by atoms with Crippen molar-refractivity contribution in [3.05, 3.63) is 0 Å². The van der Waals surface area contributed by atoms with E-state index in [0.717, 1.165) is 38.1 Å². The third-order valence-electron chi connectivity index (χ3n) is 3.47. The Hall–Kier alpha value is -0.120.